The third kappa shape index (κ3) is 2.96. The molecule has 0 amide bonds. The molecule has 0 spiro atoms. The van der Waals surface area contributed by atoms with E-state index in [4.69, 9.17) is 5.84 Å². The second kappa shape index (κ2) is 5.99. The highest BCUT2D eigenvalue weighted by molar-refractivity contribution is 4.97. The molecule has 96 valence electrons. The Kier molecular flexibility index (Phi) is 5.22. The van der Waals surface area contributed by atoms with Gasteiger partial charge in [-0.05, 0) is 51.6 Å². The first-order valence-electron chi connectivity index (χ1n) is 6.75. The van der Waals surface area contributed by atoms with Crippen LogP contribution in [0.3, 0.4) is 0 Å². The fourth-order valence-electron chi connectivity index (χ4n) is 2.89. The third-order valence-corrected chi connectivity index (χ3v) is 4.20. The van der Waals surface area contributed by atoms with E-state index in [1.165, 1.54) is 25.9 Å². The average Bonchev–Trinajstić information content (AvgIpc) is 2.78. The van der Waals surface area contributed by atoms with Crippen molar-refractivity contribution in [3.63, 3.8) is 0 Å². The van der Waals surface area contributed by atoms with Gasteiger partial charge in [0.25, 0.3) is 0 Å². The summed E-state index contributed by atoms with van der Waals surface area (Å²) in [5, 5.41) is 0. The number of nitrogens with two attached hydrogens (primary N) is 1. The molecule has 1 aliphatic rings. The van der Waals surface area contributed by atoms with Crippen LogP contribution < -0.4 is 11.3 Å². The molecule has 1 fully saturated rings. The van der Waals surface area contributed by atoms with Crippen LogP contribution >= 0.6 is 0 Å². The molecule has 1 aliphatic heterocycles. The van der Waals surface area contributed by atoms with E-state index < -0.39 is 0 Å². The van der Waals surface area contributed by atoms with Gasteiger partial charge in [-0.15, -0.1) is 0 Å². The molecule has 1 saturated heterocycles. The normalized spacial score (nSPS) is 23.6. The Labute approximate surface area is 101 Å². The number of nitrogens with one attached hydrogen (secondary N) is 1. The highest BCUT2D eigenvalue weighted by Gasteiger charge is 2.38. The van der Waals surface area contributed by atoms with Crippen LogP contribution in [0.5, 0.6) is 0 Å². The first-order valence-corrected chi connectivity index (χ1v) is 6.75. The van der Waals surface area contributed by atoms with E-state index in [2.05, 4.69) is 38.0 Å². The monoisotopic (exact) mass is 227 g/mol. The van der Waals surface area contributed by atoms with Gasteiger partial charge in [-0.3, -0.25) is 16.2 Å². The van der Waals surface area contributed by atoms with Crippen LogP contribution in [0.1, 0.15) is 53.4 Å². The molecule has 3 N–H and O–H groups in total. The van der Waals surface area contributed by atoms with Crippen molar-refractivity contribution in [1.29, 1.82) is 0 Å². The van der Waals surface area contributed by atoms with E-state index in [1.807, 2.05) is 0 Å². The summed E-state index contributed by atoms with van der Waals surface area (Å²) < 4.78 is 0. The van der Waals surface area contributed by atoms with Gasteiger partial charge < -0.3 is 0 Å². The Morgan fingerprint density at radius 2 is 1.88 bits per heavy atom. The van der Waals surface area contributed by atoms with Crippen molar-refractivity contribution in [2.24, 2.45) is 11.8 Å². The van der Waals surface area contributed by atoms with E-state index in [-0.39, 0.29) is 5.54 Å². The molecule has 3 heteroatoms. The summed E-state index contributed by atoms with van der Waals surface area (Å²) in [7, 11) is 0. The topological polar surface area (TPSA) is 41.3 Å². The number of nitrogens with zero attached hydrogens (tertiary/aromatic N) is 1. The summed E-state index contributed by atoms with van der Waals surface area (Å²) in [4.78, 5) is 2.62. The van der Waals surface area contributed by atoms with Crippen molar-refractivity contribution in [3.8, 4) is 0 Å². The molecule has 0 aromatic heterocycles. The van der Waals surface area contributed by atoms with E-state index in [1.54, 1.807) is 0 Å². The lowest BCUT2D eigenvalue weighted by molar-refractivity contribution is 0.0748. The minimum absolute atomic E-state index is 0.218. The Morgan fingerprint density at radius 3 is 2.25 bits per heavy atom. The Bertz CT molecular complexity index is 199. The van der Waals surface area contributed by atoms with Gasteiger partial charge >= 0.3 is 0 Å². The van der Waals surface area contributed by atoms with Crippen molar-refractivity contribution in [2.75, 3.05) is 13.1 Å². The molecule has 2 unspecified atom stereocenters. The van der Waals surface area contributed by atoms with Crippen molar-refractivity contribution in [2.45, 2.75) is 65.0 Å². The molecule has 0 aliphatic carbocycles. The molecule has 0 radical (unpaired) electrons. The number of hydrogen-bond donors (Lipinski definition) is 2. The molecule has 0 aromatic rings. The molecule has 0 bridgehead atoms. The molecule has 0 aromatic carbocycles. The minimum atomic E-state index is 0.218. The van der Waals surface area contributed by atoms with Gasteiger partial charge in [0.05, 0.1) is 0 Å². The summed E-state index contributed by atoms with van der Waals surface area (Å²) in [6.07, 6.45) is 5.00. The zero-order valence-corrected chi connectivity index (χ0v) is 11.4. The van der Waals surface area contributed by atoms with Gasteiger partial charge in [-0.25, -0.2) is 0 Å². The molecular weight excluding hydrogens is 198 g/mol. The number of hydrazine groups is 1. The number of rotatable bonds is 6. The maximum atomic E-state index is 5.77. The van der Waals surface area contributed by atoms with Gasteiger partial charge in [0, 0.05) is 11.6 Å². The first-order chi connectivity index (χ1) is 7.54. The van der Waals surface area contributed by atoms with Crippen LogP contribution in [0.25, 0.3) is 0 Å². The Morgan fingerprint density at radius 1 is 1.31 bits per heavy atom. The van der Waals surface area contributed by atoms with Gasteiger partial charge in [0.2, 0.25) is 0 Å². The van der Waals surface area contributed by atoms with Crippen LogP contribution in [-0.2, 0) is 0 Å². The lowest BCUT2D eigenvalue weighted by Crippen LogP contribution is -2.60. The predicted octanol–water partition coefficient (Wildman–Crippen LogP) is 2.13. The zero-order valence-electron chi connectivity index (χ0n) is 11.4. The lowest BCUT2D eigenvalue weighted by Gasteiger charge is -2.45. The van der Waals surface area contributed by atoms with Crippen molar-refractivity contribution < 1.29 is 0 Å². The third-order valence-electron chi connectivity index (χ3n) is 4.20. The second-order valence-electron chi connectivity index (χ2n) is 5.75. The van der Waals surface area contributed by atoms with Crippen LogP contribution in [0.4, 0.5) is 0 Å². The van der Waals surface area contributed by atoms with Gasteiger partial charge in [-0.1, -0.05) is 20.8 Å². The Hall–Kier alpha value is -0.120. The SMILES string of the molecule is CCC(C)(C(CC(C)C)NN)N1CCCC1. The molecule has 0 saturated carbocycles. The van der Waals surface area contributed by atoms with Crippen LogP contribution in [0.15, 0.2) is 0 Å². The van der Waals surface area contributed by atoms with Crippen LogP contribution in [0, 0.1) is 5.92 Å². The molecule has 3 nitrogen and oxygen atoms in total. The minimum Gasteiger partial charge on any atom is -0.296 e. The summed E-state index contributed by atoms with van der Waals surface area (Å²) in [5.74, 6) is 6.46. The fourth-order valence-corrected chi connectivity index (χ4v) is 2.89. The predicted molar refractivity (Wildman–Crippen MR) is 70.1 cm³/mol. The maximum absolute atomic E-state index is 5.77. The van der Waals surface area contributed by atoms with Gasteiger partial charge in [0.1, 0.15) is 0 Å². The van der Waals surface area contributed by atoms with Gasteiger partial charge in [-0.2, -0.15) is 0 Å². The number of likely N-dealkylation sites (tertiary alicyclic amines) is 1. The smallest absolute Gasteiger partial charge is 0.0394 e. The molecule has 16 heavy (non-hydrogen) atoms. The van der Waals surface area contributed by atoms with Crippen molar-refractivity contribution in [1.82, 2.24) is 10.3 Å². The van der Waals surface area contributed by atoms with Crippen LogP contribution in [0.2, 0.25) is 0 Å². The Balaban J connectivity index is 2.73. The highest BCUT2D eigenvalue weighted by atomic mass is 15.3. The largest absolute Gasteiger partial charge is 0.296 e. The molecule has 2 atom stereocenters. The average molecular weight is 227 g/mol. The number of hydrogen-bond acceptors (Lipinski definition) is 3. The zero-order chi connectivity index (χ0) is 12.2. The van der Waals surface area contributed by atoms with E-state index >= 15 is 0 Å². The van der Waals surface area contributed by atoms with Gasteiger partial charge in [0.15, 0.2) is 0 Å². The van der Waals surface area contributed by atoms with E-state index in [9.17, 15) is 0 Å². The maximum Gasteiger partial charge on any atom is 0.0394 e. The summed E-state index contributed by atoms with van der Waals surface area (Å²) >= 11 is 0. The first kappa shape index (κ1) is 13.9. The lowest BCUT2D eigenvalue weighted by atomic mass is 9.83. The van der Waals surface area contributed by atoms with Crippen molar-refractivity contribution >= 4 is 0 Å². The summed E-state index contributed by atoms with van der Waals surface area (Å²) in [6.45, 7) is 11.7. The second-order valence-corrected chi connectivity index (χ2v) is 5.75. The van der Waals surface area contributed by atoms with E-state index in [0.717, 1.165) is 12.8 Å². The molecule has 1 rings (SSSR count). The molecular formula is C13H29N3. The summed E-state index contributed by atoms with van der Waals surface area (Å²) in [6, 6.07) is 0.399. The quantitative estimate of drug-likeness (QED) is 0.539. The molecule has 1 heterocycles. The standard InChI is InChI=1S/C13H29N3/c1-5-13(4,16-8-6-7-9-16)12(15-14)10-11(2)3/h11-12,15H,5-10,14H2,1-4H3. The van der Waals surface area contributed by atoms with E-state index in [0.29, 0.717) is 12.0 Å². The summed E-state index contributed by atoms with van der Waals surface area (Å²) in [5.41, 5.74) is 3.28. The fraction of sp³-hybridized carbons (Fsp3) is 1.00. The van der Waals surface area contributed by atoms with Crippen LogP contribution in [-0.4, -0.2) is 29.6 Å². The van der Waals surface area contributed by atoms with Crippen molar-refractivity contribution in [3.05, 3.63) is 0 Å². The highest BCUT2D eigenvalue weighted by Crippen LogP contribution is 2.30.